The molecular weight excluding hydrogens is 372 g/mol. The second-order valence-electron chi connectivity index (χ2n) is 6.77. The highest BCUT2D eigenvalue weighted by Gasteiger charge is 2.33. The van der Waals surface area contributed by atoms with Gasteiger partial charge in [-0.25, -0.2) is 9.97 Å². The van der Waals surface area contributed by atoms with Gasteiger partial charge in [-0.3, -0.25) is 9.59 Å². The quantitative estimate of drug-likeness (QED) is 0.686. The van der Waals surface area contributed by atoms with Crippen LogP contribution in [0.25, 0.3) is 11.0 Å². The summed E-state index contributed by atoms with van der Waals surface area (Å²) in [5.74, 6) is -1.93. The van der Waals surface area contributed by atoms with Crippen LogP contribution in [0.2, 0.25) is 0 Å². The van der Waals surface area contributed by atoms with Crippen molar-refractivity contribution in [2.24, 2.45) is 5.92 Å². The number of nitriles is 1. The average Bonchev–Trinajstić information content (AvgIpc) is 2.74. The van der Waals surface area contributed by atoms with E-state index in [2.05, 4.69) is 4.98 Å². The Kier molecular flexibility index (Phi) is 6.60. The summed E-state index contributed by atoms with van der Waals surface area (Å²) in [7, 11) is 0. The molecule has 1 aliphatic rings. The lowest BCUT2D eigenvalue weighted by atomic mass is 9.97. The third-order valence-electron chi connectivity index (χ3n) is 4.84. The van der Waals surface area contributed by atoms with E-state index in [9.17, 15) is 14.9 Å². The smallest absolute Gasteiger partial charge is 0.329 e. The highest BCUT2D eigenvalue weighted by molar-refractivity contribution is 5.85. The lowest BCUT2D eigenvalue weighted by Crippen LogP contribution is -2.40. The number of anilines is 1. The fourth-order valence-electron chi connectivity index (χ4n) is 3.50. The second-order valence-corrected chi connectivity index (χ2v) is 6.77. The maximum absolute atomic E-state index is 12.4. The maximum Gasteiger partial charge on any atom is 0.329 e. The number of carbonyl (C=O) groups is 2. The number of carbonyl (C=O) groups excluding carboxylic acids is 2. The molecule has 1 aromatic carbocycles. The Morgan fingerprint density at radius 3 is 2.55 bits per heavy atom. The topological polar surface area (TPSA) is 105 Å². The number of esters is 2. The minimum absolute atomic E-state index is 0.169. The van der Waals surface area contributed by atoms with Crippen LogP contribution in [0.1, 0.15) is 38.3 Å². The molecule has 29 heavy (non-hydrogen) atoms. The fraction of sp³-hybridized carbons (Fsp3) is 0.476. The van der Waals surface area contributed by atoms with E-state index in [4.69, 9.17) is 14.5 Å². The molecule has 0 unspecified atom stereocenters. The predicted molar refractivity (Wildman–Crippen MR) is 106 cm³/mol. The molecule has 8 nitrogen and oxygen atoms in total. The standard InChI is InChI=1S/C21H24N4O4/c1-3-28-20(26)14-8-7-11-25(13-14)19-18(15(12-22)21(27)29-4-2)23-16-9-5-6-10-17(16)24-19/h5-6,9-10,14-15H,3-4,7-8,11,13H2,1-2H3/t14-,15+/m1/s1. The monoisotopic (exact) mass is 396 g/mol. The van der Waals surface area contributed by atoms with Crippen molar-refractivity contribution < 1.29 is 19.1 Å². The molecule has 152 valence electrons. The summed E-state index contributed by atoms with van der Waals surface area (Å²) in [4.78, 5) is 35.9. The lowest BCUT2D eigenvalue weighted by Gasteiger charge is -2.33. The molecule has 2 atom stereocenters. The summed E-state index contributed by atoms with van der Waals surface area (Å²) in [6.45, 7) is 5.02. The molecule has 0 spiro atoms. The molecule has 0 N–H and O–H groups in total. The summed E-state index contributed by atoms with van der Waals surface area (Å²) in [6, 6.07) is 9.29. The van der Waals surface area contributed by atoms with Crippen molar-refractivity contribution in [1.29, 1.82) is 5.26 Å². The van der Waals surface area contributed by atoms with Crippen LogP contribution in [-0.2, 0) is 19.1 Å². The Morgan fingerprint density at radius 2 is 1.90 bits per heavy atom. The average molecular weight is 396 g/mol. The molecule has 0 radical (unpaired) electrons. The van der Waals surface area contributed by atoms with Gasteiger partial charge in [0.15, 0.2) is 11.7 Å². The lowest BCUT2D eigenvalue weighted by molar-refractivity contribution is -0.148. The fourth-order valence-corrected chi connectivity index (χ4v) is 3.50. The van der Waals surface area contributed by atoms with Gasteiger partial charge in [0, 0.05) is 13.1 Å². The second kappa shape index (κ2) is 9.32. The summed E-state index contributed by atoms with van der Waals surface area (Å²) in [5, 5.41) is 9.67. The van der Waals surface area contributed by atoms with Crippen LogP contribution in [0.15, 0.2) is 24.3 Å². The first-order chi connectivity index (χ1) is 14.1. The van der Waals surface area contributed by atoms with Crippen molar-refractivity contribution in [3.8, 4) is 6.07 Å². The Hall–Kier alpha value is -3.21. The van der Waals surface area contributed by atoms with E-state index < -0.39 is 11.9 Å². The largest absolute Gasteiger partial charge is 0.466 e. The van der Waals surface area contributed by atoms with Crippen LogP contribution in [0.3, 0.4) is 0 Å². The van der Waals surface area contributed by atoms with E-state index in [-0.39, 0.29) is 24.2 Å². The van der Waals surface area contributed by atoms with Gasteiger partial charge in [-0.1, -0.05) is 12.1 Å². The van der Waals surface area contributed by atoms with Crippen LogP contribution in [0.5, 0.6) is 0 Å². The number of nitrogens with zero attached hydrogens (tertiary/aromatic N) is 4. The van der Waals surface area contributed by atoms with Gasteiger partial charge in [0.05, 0.1) is 36.2 Å². The van der Waals surface area contributed by atoms with Gasteiger partial charge in [0.1, 0.15) is 5.69 Å². The third kappa shape index (κ3) is 4.45. The van der Waals surface area contributed by atoms with Crippen LogP contribution in [0.4, 0.5) is 5.82 Å². The van der Waals surface area contributed by atoms with Gasteiger partial charge >= 0.3 is 11.9 Å². The molecular formula is C21H24N4O4. The van der Waals surface area contributed by atoms with Crippen molar-refractivity contribution >= 4 is 28.8 Å². The predicted octanol–water partition coefficient (Wildman–Crippen LogP) is 2.58. The summed E-state index contributed by atoms with van der Waals surface area (Å²) >= 11 is 0. The Morgan fingerprint density at radius 1 is 1.21 bits per heavy atom. The van der Waals surface area contributed by atoms with Gasteiger partial charge in [-0.2, -0.15) is 5.26 Å². The van der Waals surface area contributed by atoms with Gasteiger partial charge in [0.2, 0.25) is 0 Å². The zero-order valence-electron chi connectivity index (χ0n) is 16.6. The number of benzene rings is 1. The van der Waals surface area contributed by atoms with Crippen molar-refractivity contribution in [2.75, 3.05) is 31.2 Å². The van der Waals surface area contributed by atoms with Gasteiger partial charge in [-0.15, -0.1) is 0 Å². The third-order valence-corrected chi connectivity index (χ3v) is 4.84. The zero-order chi connectivity index (χ0) is 20.8. The Labute approximate surface area is 169 Å². The van der Waals surface area contributed by atoms with E-state index in [0.717, 1.165) is 12.8 Å². The van der Waals surface area contributed by atoms with Crippen LogP contribution in [-0.4, -0.2) is 48.2 Å². The van der Waals surface area contributed by atoms with Gasteiger partial charge < -0.3 is 14.4 Å². The van der Waals surface area contributed by atoms with Gasteiger partial charge in [0.25, 0.3) is 0 Å². The number of hydrogen-bond donors (Lipinski definition) is 0. The first-order valence-corrected chi connectivity index (χ1v) is 9.83. The van der Waals surface area contributed by atoms with Crippen molar-refractivity contribution in [3.05, 3.63) is 30.0 Å². The van der Waals surface area contributed by atoms with E-state index in [1.54, 1.807) is 19.9 Å². The molecule has 0 amide bonds. The highest BCUT2D eigenvalue weighted by atomic mass is 16.5. The molecule has 1 fully saturated rings. The zero-order valence-corrected chi connectivity index (χ0v) is 16.6. The van der Waals surface area contributed by atoms with Crippen LogP contribution < -0.4 is 4.90 Å². The van der Waals surface area contributed by atoms with Crippen LogP contribution >= 0.6 is 0 Å². The summed E-state index contributed by atoms with van der Waals surface area (Å²) in [6.07, 6.45) is 1.50. The molecule has 1 saturated heterocycles. The minimum Gasteiger partial charge on any atom is -0.466 e. The molecule has 3 rings (SSSR count). The Balaban J connectivity index is 2.04. The number of ether oxygens (including phenoxy) is 2. The van der Waals surface area contributed by atoms with E-state index >= 15 is 0 Å². The molecule has 0 aliphatic carbocycles. The molecule has 2 aromatic rings. The van der Waals surface area contributed by atoms with Crippen molar-refractivity contribution in [3.63, 3.8) is 0 Å². The maximum atomic E-state index is 12.4. The summed E-state index contributed by atoms with van der Waals surface area (Å²) < 4.78 is 10.2. The first-order valence-electron chi connectivity index (χ1n) is 9.83. The SMILES string of the molecule is CCOC(=O)[C@@H]1CCCN(c2nc3ccccc3nc2[C@H](C#N)C(=O)OCC)C1. The molecule has 0 saturated carbocycles. The molecule has 1 aromatic heterocycles. The van der Waals surface area contributed by atoms with E-state index in [1.807, 2.05) is 29.2 Å². The van der Waals surface area contributed by atoms with Gasteiger partial charge in [-0.05, 0) is 38.8 Å². The van der Waals surface area contributed by atoms with Crippen LogP contribution in [0, 0.1) is 17.2 Å². The molecule has 2 heterocycles. The summed E-state index contributed by atoms with van der Waals surface area (Å²) in [5.41, 5.74) is 1.51. The van der Waals surface area contributed by atoms with Crippen molar-refractivity contribution in [2.45, 2.75) is 32.6 Å². The number of para-hydroxylation sites is 2. The van der Waals surface area contributed by atoms with E-state index in [0.29, 0.717) is 36.5 Å². The normalized spacial score (nSPS) is 17.4. The molecule has 1 aliphatic heterocycles. The number of hydrogen-bond acceptors (Lipinski definition) is 8. The number of fused-ring (bicyclic) bond motifs is 1. The number of piperidine rings is 1. The Bertz CT molecular complexity index is 940. The minimum atomic E-state index is -1.19. The molecule has 8 heteroatoms. The van der Waals surface area contributed by atoms with Crippen molar-refractivity contribution in [1.82, 2.24) is 9.97 Å². The first kappa shape index (κ1) is 20.5. The molecule has 0 bridgehead atoms. The number of aromatic nitrogens is 2. The van der Waals surface area contributed by atoms with E-state index in [1.165, 1.54) is 0 Å². The highest BCUT2D eigenvalue weighted by Crippen LogP contribution is 2.31. The number of rotatable bonds is 6.